The van der Waals surface area contributed by atoms with Crippen LogP contribution < -0.4 is 9.62 Å². The average Bonchev–Trinajstić information content (AvgIpc) is 2.86. The monoisotopic (exact) mass is 577 g/mol. The van der Waals surface area contributed by atoms with E-state index < -0.39 is 22.0 Å². The van der Waals surface area contributed by atoms with Crippen molar-refractivity contribution in [3.63, 3.8) is 0 Å². The van der Waals surface area contributed by atoms with Crippen molar-refractivity contribution in [2.45, 2.75) is 71.0 Å². The van der Waals surface area contributed by atoms with Crippen molar-refractivity contribution in [3.8, 4) is 0 Å². The Labute approximate surface area is 223 Å². The van der Waals surface area contributed by atoms with Crippen molar-refractivity contribution in [1.29, 1.82) is 0 Å². The predicted molar refractivity (Wildman–Crippen MR) is 147 cm³/mol. The van der Waals surface area contributed by atoms with Crippen molar-refractivity contribution >= 4 is 43.5 Å². The Kier molecular flexibility index (Phi) is 9.96. The van der Waals surface area contributed by atoms with E-state index in [-0.39, 0.29) is 25.0 Å². The lowest BCUT2D eigenvalue weighted by Crippen LogP contribution is -2.53. The Hall–Kier alpha value is -2.39. The highest BCUT2D eigenvalue weighted by Gasteiger charge is 2.31. The summed E-state index contributed by atoms with van der Waals surface area (Å²) in [6.45, 7) is 3.46. The fraction of sp³-hybridized carbons (Fsp3) is 0.481. The Bertz CT molecular complexity index is 1150. The van der Waals surface area contributed by atoms with Crippen LogP contribution in [0.3, 0.4) is 0 Å². The Morgan fingerprint density at radius 2 is 1.69 bits per heavy atom. The molecule has 0 spiro atoms. The zero-order valence-electron chi connectivity index (χ0n) is 21.2. The van der Waals surface area contributed by atoms with Crippen molar-refractivity contribution in [1.82, 2.24) is 10.2 Å². The highest BCUT2D eigenvalue weighted by Crippen LogP contribution is 2.24. The lowest BCUT2D eigenvalue weighted by Gasteiger charge is -2.33. The minimum absolute atomic E-state index is 0.113. The summed E-state index contributed by atoms with van der Waals surface area (Å²) < 4.78 is 27.6. The molecule has 0 aromatic heterocycles. The first-order valence-corrected chi connectivity index (χ1v) is 15.1. The quantitative estimate of drug-likeness (QED) is 0.445. The number of anilines is 1. The van der Waals surface area contributed by atoms with Gasteiger partial charge in [0.25, 0.3) is 0 Å². The number of benzene rings is 2. The number of sulfonamides is 1. The lowest BCUT2D eigenvalue weighted by molar-refractivity contribution is -0.139. The Morgan fingerprint density at radius 1 is 1.06 bits per heavy atom. The SMILES string of the molecule is CCc1ccccc1N(CC(=O)N(Cc1ccc(Br)cc1)[C@@H](C)C(=O)NC1CCCCC1)S(C)(=O)=O. The zero-order chi connectivity index (χ0) is 26.3. The molecule has 0 radical (unpaired) electrons. The first-order valence-electron chi connectivity index (χ1n) is 12.5. The van der Waals surface area contributed by atoms with Crippen molar-refractivity contribution in [2.24, 2.45) is 0 Å². The van der Waals surface area contributed by atoms with Crippen LogP contribution in [0.25, 0.3) is 0 Å². The predicted octanol–water partition coefficient (Wildman–Crippen LogP) is 4.64. The van der Waals surface area contributed by atoms with Crippen LogP contribution >= 0.6 is 15.9 Å². The molecule has 1 aliphatic rings. The van der Waals surface area contributed by atoms with Crippen LogP contribution in [0, 0.1) is 0 Å². The molecule has 0 aliphatic heterocycles. The molecule has 1 N–H and O–H groups in total. The standard InChI is InChI=1S/C27H36BrN3O4S/c1-4-22-10-8-9-13-25(22)31(36(3,34)35)19-26(32)30(18-21-14-16-23(28)17-15-21)20(2)27(33)29-24-11-6-5-7-12-24/h8-10,13-17,20,24H,4-7,11-12,18-19H2,1-3H3,(H,29,33)/t20-/m0/s1. The van der Waals surface area contributed by atoms with Crippen LogP contribution in [0.1, 0.15) is 57.1 Å². The van der Waals surface area contributed by atoms with Crippen LogP contribution in [0.2, 0.25) is 0 Å². The van der Waals surface area contributed by atoms with Crippen LogP contribution in [0.4, 0.5) is 5.69 Å². The molecule has 2 amide bonds. The first kappa shape index (κ1) is 28.2. The smallest absolute Gasteiger partial charge is 0.244 e. The second kappa shape index (κ2) is 12.7. The second-order valence-electron chi connectivity index (χ2n) is 9.42. The minimum Gasteiger partial charge on any atom is -0.352 e. The number of hydrogen-bond donors (Lipinski definition) is 1. The van der Waals surface area contributed by atoms with Crippen LogP contribution in [-0.2, 0) is 32.6 Å². The molecule has 1 saturated carbocycles. The number of halogens is 1. The summed E-state index contributed by atoms with van der Waals surface area (Å²) in [6.07, 6.45) is 6.95. The third-order valence-corrected chi connectivity index (χ3v) is 8.36. The fourth-order valence-corrected chi connectivity index (χ4v) is 5.73. The number of rotatable bonds is 10. The number of nitrogens with zero attached hydrogens (tertiary/aromatic N) is 2. The molecule has 0 bridgehead atoms. The number of hydrogen-bond acceptors (Lipinski definition) is 4. The van der Waals surface area contributed by atoms with Gasteiger partial charge in [0.05, 0.1) is 11.9 Å². The largest absolute Gasteiger partial charge is 0.352 e. The molecular weight excluding hydrogens is 542 g/mol. The molecule has 2 aromatic carbocycles. The van der Waals surface area contributed by atoms with E-state index >= 15 is 0 Å². The number of amides is 2. The Balaban J connectivity index is 1.89. The highest BCUT2D eigenvalue weighted by molar-refractivity contribution is 9.10. The van der Waals surface area contributed by atoms with E-state index in [0.29, 0.717) is 12.1 Å². The molecule has 3 rings (SSSR count). The van der Waals surface area contributed by atoms with Crippen LogP contribution in [-0.4, -0.2) is 50.0 Å². The van der Waals surface area contributed by atoms with Gasteiger partial charge in [-0.3, -0.25) is 13.9 Å². The summed E-state index contributed by atoms with van der Waals surface area (Å²) >= 11 is 3.42. The van der Waals surface area contributed by atoms with Gasteiger partial charge in [-0.2, -0.15) is 0 Å². The van der Waals surface area contributed by atoms with Crippen molar-refractivity contribution < 1.29 is 18.0 Å². The summed E-state index contributed by atoms with van der Waals surface area (Å²) in [7, 11) is -3.75. The van der Waals surface area contributed by atoms with E-state index in [1.54, 1.807) is 19.1 Å². The number of para-hydroxylation sites is 1. The van der Waals surface area contributed by atoms with E-state index in [4.69, 9.17) is 0 Å². The molecule has 36 heavy (non-hydrogen) atoms. The number of carbonyl (C=O) groups is 2. The summed E-state index contributed by atoms with van der Waals surface area (Å²) in [5.74, 6) is -0.646. The van der Waals surface area contributed by atoms with E-state index in [0.717, 1.165) is 51.8 Å². The van der Waals surface area contributed by atoms with Gasteiger partial charge in [0.2, 0.25) is 21.8 Å². The van der Waals surface area contributed by atoms with E-state index in [1.165, 1.54) is 11.3 Å². The molecule has 0 saturated heterocycles. The molecule has 196 valence electrons. The van der Waals surface area contributed by atoms with Crippen LogP contribution in [0.15, 0.2) is 53.0 Å². The average molecular weight is 579 g/mol. The summed E-state index contributed by atoms with van der Waals surface area (Å²) in [6, 6.07) is 14.1. The third-order valence-electron chi connectivity index (χ3n) is 6.71. The van der Waals surface area contributed by atoms with Gasteiger partial charge in [0.15, 0.2) is 0 Å². The molecule has 2 aromatic rings. The summed E-state index contributed by atoms with van der Waals surface area (Å²) in [4.78, 5) is 28.4. The van der Waals surface area contributed by atoms with Gasteiger partial charge in [-0.05, 0) is 55.5 Å². The van der Waals surface area contributed by atoms with Gasteiger partial charge in [-0.25, -0.2) is 8.42 Å². The maximum Gasteiger partial charge on any atom is 0.244 e. The topological polar surface area (TPSA) is 86.8 Å². The fourth-order valence-electron chi connectivity index (χ4n) is 4.59. The number of carbonyl (C=O) groups excluding carboxylic acids is 2. The molecule has 0 unspecified atom stereocenters. The van der Waals surface area contributed by atoms with Crippen molar-refractivity contribution in [3.05, 3.63) is 64.1 Å². The maximum absolute atomic E-state index is 13.7. The summed E-state index contributed by atoms with van der Waals surface area (Å²) in [5.41, 5.74) is 2.17. The molecule has 7 nitrogen and oxygen atoms in total. The molecule has 1 fully saturated rings. The number of aryl methyl sites for hydroxylation is 1. The van der Waals surface area contributed by atoms with Crippen molar-refractivity contribution in [2.75, 3.05) is 17.1 Å². The van der Waals surface area contributed by atoms with Gasteiger partial charge in [-0.1, -0.05) is 72.4 Å². The van der Waals surface area contributed by atoms with Gasteiger partial charge < -0.3 is 10.2 Å². The van der Waals surface area contributed by atoms with E-state index in [9.17, 15) is 18.0 Å². The molecule has 0 heterocycles. The Morgan fingerprint density at radius 3 is 2.31 bits per heavy atom. The highest BCUT2D eigenvalue weighted by atomic mass is 79.9. The molecule has 1 aliphatic carbocycles. The zero-order valence-corrected chi connectivity index (χ0v) is 23.6. The van der Waals surface area contributed by atoms with Gasteiger partial charge in [-0.15, -0.1) is 0 Å². The first-order chi connectivity index (χ1) is 17.1. The summed E-state index contributed by atoms with van der Waals surface area (Å²) in [5, 5.41) is 3.11. The third kappa shape index (κ3) is 7.56. The second-order valence-corrected chi connectivity index (χ2v) is 12.2. The van der Waals surface area contributed by atoms with E-state index in [2.05, 4.69) is 21.2 Å². The van der Waals surface area contributed by atoms with Gasteiger partial charge >= 0.3 is 0 Å². The lowest BCUT2D eigenvalue weighted by atomic mass is 9.95. The van der Waals surface area contributed by atoms with Gasteiger partial charge in [0.1, 0.15) is 12.6 Å². The molecule has 9 heteroatoms. The van der Waals surface area contributed by atoms with Gasteiger partial charge in [0, 0.05) is 17.1 Å². The maximum atomic E-state index is 13.7. The molecule has 1 atom stereocenters. The minimum atomic E-state index is -3.75. The van der Waals surface area contributed by atoms with Crippen LogP contribution in [0.5, 0.6) is 0 Å². The van der Waals surface area contributed by atoms with E-state index in [1.807, 2.05) is 43.3 Å². The number of nitrogens with one attached hydrogen (secondary N) is 1. The normalized spacial score (nSPS) is 15.2. The molecular formula is C27H36BrN3O4S.